The molecule has 1 atom stereocenters. The number of ether oxygens (including phenoxy) is 1. The fourth-order valence-corrected chi connectivity index (χ4v) is 3.70. The largest absolute Gasteiger partial charge is 0.394 e. The molecule has 19 heavy (non-hydrogen) atoms. The van der Waals surface area contributed by atoms with Crippen molar-refractivity contribution in [2.24, 2.45) is 0 Å². The standard InChI is InChI=1S/C13H18BrNO3S/c14-12-5-4-11(19-12)2-1-3-13(17)15-6-7-18-9-10(15)8-16/h4-5,10,16H,1-3,6-9H2. The van der Waals surface area contributed by atoms with Gasteiger partial charge >= 0.3 is 0 Å². The van der Waals surface area contributed by atoms with Crippen molar-refractivity contribution in [3.63, 3.8) is 0 Å². The van der Waals surface area contributed by atoms with Crippen LogP contribution in [0.25, 0.3) is 0 Å². The summed E-state index contributed by atoms with van der Waals surface area (Å²) in [5, 5.41) is 9.24. The zero-order valence-electron chi connectivity index (χ0n) is 10.7. The van der Waals surface area contributed by atoms with Crippen LogP contribution in [-0.4, -0.2) is 48.3 Å². The second kappa shape index (κ2) is 7.38. The molecule has 1 fully saturated rings. The van der Waals surface area contributed by atoms with Crippen molar-refractivity contribution in [2.75, 3.05) is 26.4 Å². The molecule has 1 aliphatic rings. The SMILES string of the molecule is O=C(CCCc1ccc(Br)s1)N1CCOCC1CO. The van der Waals surface area contributed by atoms with Crippen molar-refractivity contribution in [3.8, 4) is 0 Å². The molecule has 6 heteroatoms. The molecule has 0 bridgehead atoms. The first-order chi connectivity index (χ1) is 9.20. The first-order valence-electron chi connectivity index (χ1n) is 6.43. The van der Waals surface area contributed by atoms with Crippen LogP contribution in [0, 0.1) is 0 Å². The zero-order chi connectivity index (χ0) is 13.7. The number of rotatable bonds is 5. The molecule has 1 saturated heterocycles. The molecule has 1 aromatic heterocycles. The Morgan fingerprint density at radius 3 is 3.11 bits per heavy atom. The minimum absolute atomic E-state index is 0.0242. The predicted octanol–water partition coefficient (Wildman–Crippen LogP) is 2.05. The van der Waals surface area contributed by atoms with Crippen molar-refractivity contribution >= 4 is 33.2 Å². The lowest BCUT2D eigenvalue weighted by Gasteiger charge is -2.34. The summed E-state index contributed by atoms with van der Waals surface area (Å²) in [6.07, 6.45) is 2.31. The summed E-state index contributed by atoms with van der Waals surface area (Å²) in [6.45, 7) is 1.58. The van der Waals surface area contributed by atoms with Gasteiger partial charge in [-0.2, -0.15) is 0 Å². The number of carbonyl (C=O) groups excluding carboxylic acids is 1. The van der Waals surface area contributed by atoms with Crippen molar-refractivity contribution in [1.82, 2.24) is 4.90 Å². The van der Waals surface area contributed by atoms with Crippen LogP contribution >= 0.6 is 27.3 Å². The van der Waals surface area contributed by atoms with E-state index in [0.29, 0.717) is 26.2 Å². The molecule has 2 rings (SSSR count). The number of morpholine rings is 1. The van der Waals surface area contributed by atoms with Crippen LogP contribution in [-0.2, 0) is 16.0 Å². The second-order valence-electron chi connectivity index (χ2n) is 4.56. The van der Waals surface area contributed by atoms with Crippen LogP contribution in [0.1, 0.15) is 17.7 Å². The topological polar surface area (TPSA) is 49.8 Å². The predicted molar refractivity (Wildman–Crippen MR) is 78.4 cm³/mol. The number of aliphatic hydroxyl groups is 1. The van der Waals surface area contributed by atoms with Crippen molar-refractivity contribution in [3.05, 3.63) is 20.8 Å². The first kappa shape index (κ1) is 15.0. The van der Waals surface area contributed by atoms with Gasteiger partial charge in [-0.05, 0) is 40.9 Å². The van der Waals surface area contributed by atoms with Crippen LogP contribution < -0.4 is 0 Å². The summed E-state index contributed by atoms with van der Waals surface area (Å²) in [5.41, 5.74) is 0. The van der Waals surface area contributed by atoms with E-state index >= 15 is 0 Å². The van der Waals surface area contributed by atoms with Gasteiger partial charge in [-0.15, -0.1) is 11.3 Å². The fourth-order valence-electron chi connectivity index (χ4n) is 2.18. The van der Waals surface area contributed by atoms with Gasteiger partial charge < -0.3 is 14.7 Å². The number of carbonyl (C=O) groups is 1. The van der Waals surface area contributed by atoms with E-state index in [4.69, 9.17) is 4.74 Å². The number of thiophene rings is 1. The molecule has 4 nitrogen and oxygen atoms in total. The maximum Gasteiger partial charge on any atom is 0.223 e. The van der Waals surface area contributed by atoms with Crippen molar-refractivity contribution < 1.29 is 14.6 Å². The van der Waals surface area contributed by atoms with Crippen molar-refractivity contribution in [1.29, 1.82) is 0 Å². The minimum Gasteiger partial charge on any atom is -0.394 e. The lowest BCUT2D eigenvalue weighted by molar-refractivity contribution is -0.141. The van der Waals surface area contributed by atoms with Crippen molar-refractivity contribution in [2.45, 2.75) is 25.3 Å². The Hall–Kier alpha value is -0.430. The molecule has 1 amide bonds. The minimum atomic E-state index is -0.169. The number of nitrogens with zero attached hydrogens (tertiary/aromatic N) is 1. The van der Waals surface area contributed by atoms with Gasteiger partial charge in [0, 0.05) is 17.8 Å². The molecule has 2 heterocycles. The summed E-state index contributed by atoms with van der Waals surface area (Å²) in [5.74, 6) is 0.123. The Balaban J connectivity index is 1.77. The smallest absolute Gasteiger partial charge is 0.223 e. The number of halogens is 1. The average molecular weight is 348 g/mol. The van der Waals surface area contributed by atoms with Gasteiger partial charge in [-0.25, -0.2) is 0 Å². The number of hydrogen-bond acceptors (Lipinski definition) is 4. The second-order valence-corrected chi connectivity index (χ2v) is 7.11. The molecular weight excluding hydrogens is 330 g/mol. The maximum absolute atomic E-state index is 12.1. The molecular formula is C13H18BrNO3S. The molecule has 0 saturated carbocycles. The Morgan fingerprint density at radius 1 is 1.58 bits per heavy atom. The Kier molecular flexibility index (Phi) is 5.81. The maximum atomic E-state index is 12.1. The highest BCUT2D eigenvalue weighted by Crippen LogP contribution is 2.23. The van der Waals surface area contributed by atoms with Gasteiger partial charge in [0.25, 0.3) is 0 Å². The third-order valence-electron chi connectivity index (χ3n) is 3.20. The highest BCUT2D eigenvalue weighted by Gasteiger charge is 2.26. The lowest BCUT2D eigenvalue weighted by Crippen LogP contribution is -2.50. The van der Waals surface area contributed by atoms with E-state index in [-0.39, 0.29) is 18.6 Å². The Labute approximate surface area is 125 Å². The van der Waals surface area contributed by atoms with Crippen LogP contribution in [0.4, 0.5) is 0 Å². The monoisotopic (exact) mass is 347 g/mol. The summed E-state index contributed by atoms with van der Waals surface area (Å²) in [7, 11) is 0. The fraction of sp³-hybridized carbons (Fsp3) is 0.615. The molecule has 0 aromatic carbocycles. The van der Waals surface area contributed by atoms with Gasteiger partial charge in [0.05, 0.1) is 29.6 Å². The zero-order valence-corrected chi connectivity index (χ0v) is 13.1. The summed E-state index contributed by atoms with van der Waals surface area (Å²) in [4.78, 5) is 15.2. The molecule has 1 aliphatic heterocycles. The van der Waals surface area contributed by atoms with Crippen LogP contribution in [0.2, 0.25) is 0 Å². The van der Waals surface area contributed by atoms with E-state index in [1.165, 1.54) is 4.88 Å². The molecule has 1 N–H and O–H groups in total. The van der Waals surface area contributed by atoms with Gasteiger partial charge in [0.1, 0.15) is 0 Å². The number of aryl methyl sites for hydroxylation is 1. The van der Waals surface area contributed by atoms with E-state index in [1.807, 2.05) is 6.07 Å². The number of amides is 1. The molecule has 0 radical (unpaired) electrons. The van der Waals surface area contributed by atoms with Gasteiger partial charge in [0.15, 0.2) is 0 Å². The summed E-state index contributed by atoms with van der Waals surface area (Å²) in [6, 6.07) is 3.95. The molecule has 1 unspecified atom stereocenters. The number of aliphatic hydroxyl groups excluding tert-OH is 1. The van der Waals surface area contributed by atoms with Crippen LogP contribution in [0.5, 0.6) is 0 Å². The van der Waals surface area contributed by atoms with E-state index in [2.05, 4.69) is 22.0 Å². The molecule has 106 valence electrons. The van der Waals surface area contributed by atoms with Crippen LogP contribution in [0.3, 0.4) is 0 Å². The third-order valence-corrected chi connectivity index (χ3v) is 4.88. The molecule has 0 spiro atoms. The quantitative estimate of drug-likeness (QED) is 0.886. The van der Waals surface area contributed by atoms with Gasteiger partial charge in [-0.1, -0.05) is 0 Å². The van der Waals surface area contributed by atoms with E-state index in [9.17, 15) is 9.90 Å². The lowest BCUT2D eigenvalue weighted by atomic mass is 10.1. The Morgan fingerprint density at radius 2 is 2.42 bits per heavy atom. The summed E-state index contributed by atoms with van der Waals surface area (Å²) < 4.78 is 6.40. The first-order valence-corrected chi connectivity index (χ1v) is 8.04. The molecule has 1 aromatic rings. The highest BCUT2D eigenvalue weighted by molar-refractivity contribution is 9.11. The van der Waals surface area contributed by atoms with E-state index < -0.39 is 0 Å². The Bertz CT molecular complexity index is 424. The van der Waals surface area contributed by atoms with Gasteiger partial charge in [0.2, 0.25) is 5.91 Å². The normalized spacial score (nSPS) is 19.7. The number of hydrogen-bond donors (Lipinski definition) is 1. The highest BCUT2D eigenvalue weighted by atomic mass is 79.9. The third kappa shape index (κ3) is 4.27. The van der Waals surface area contributed by atoms with E-state index in [1.54, 1.807) is 16.2 Å². The average Bonchev–Trinajstić information content (AvgIpc) is 2.84. The summed E-state index contributed by atoms with van der Waals surface area (Å²) >= 11 is 5.15. The van der Waals surface area contributed by atoms with E-state index in [0.717, 1.165) is 16.6 Å². The van der Waals surface area contributed by atoms with Crippen LogP contribution in [0.15, 0.2) is 15.9 Å². The van der Waals surface area contributed by atoms with Gasteiger partial charge in [-0.3, -0.25) is 4.79 Å². The molecule has 0 aliphatic carbocycles.